The van der Waals surface area contributed by atoms with E-state index in [0.717, 1.165) is 17.9 Å². The van der Waals surface area contributed by atoms with Crippen LogP contribution in [-0.2, 0) is 0 Å². The molecule has 15 heavy (non-hydrogen) atoms. The third kappa shape index (κ3) is 1.88. The highest BCUT2D eigenvalue weighted by atomic mass is 16.5. The van der Waals surface area contributed by atoms with E-state index in [2.05, 4.69) is 12.1 Å². The SMILES string of the molecule is COc1ccc(/C(=N/O)N2CC2C)cc1. The molecule has 1 aliphatic rings. The van der Waals surface area contributed by atoms with Crippen molar-refractivity contribution in [3.05, 3.63) is 29.8 Å². The van der Waals surface area contributed by atoms with Crippen LogP contribution in [0.4, 0.5) is 0 Å². The molecule has 1 aromatic rings. The normalized spacial score (nSPS) is 20.3. The summed E-state index contributed by atoms with van der Waals surface area (Å²) in [6.07, 6.45) is 0. The van der Waals surface area contributed by atoms with Crippen LogP contribution in [0, 0.1) is 0 Å². The fourth-order valence-corrected chi connectivity index (χ4v) is 1.55. The van der Waals surface area contributed by atoms with Gasteiger partial charge in [-0.2, -0.15) is 0 Å². The van der Waals surface area contributed by atoms with E-state index in [-0.39, 0.29) is 0 Å². The number of ether oxygens (including phenoxy) is 1. The molecule has 1 aliphatic heterocycles. The number of rotatable bonds is 2. The van der Waals surface area contributed by atoms with Crippen molar-refractivity contribution in [1.82, 2.24) is 4.90 Å². The van der Waals surface area contributed by atoms with Gasteiger partial charge in [-0.3, -0.25) is 0 Å². The van der Waals surface area contributed by atoms with Crippen molar-refractivity contribution in [3.8, 4) is 5.75 Å². The number of hydrogen-bond donors (Lipinski definition) is 1. The zero-order valence-corrected chi connectivity index (χ0v) is 8.84. The van der Waals surface area contributed by atoms with E-state index < -0.39 is 0 Å². The van der Waals surface area contributed by atoms with E-state index in [1.807, 2.05) is 29.2 Å². The Morgan fingerprint density at radius 2 is 2.07 bits per heavy atom. The van der Waals surface area contributed by atoms with Gasteiger partial charge < -0.3 is 14.8 Å². The molecule has 0 spiro atoms. The summed E-state index contributed by atoms with van der Waals surface area (Å²) in [5.74, 6) is 1.43. The maximum absolute atomic E-state index is 8.95. The van der Waals surface area contributed by atoms with Gasteiger partial charge in [0.05, 0.1) is 7.11 Å². The number of amidine groups is 1. The van der Waals surface area contributed by atoms with Crippen molar-refractivity contribution in [1.29, 1.82) is 0 Å². The van der Waals surface area contributed by atoms with Crippen LogP contribution >= 0.6 is 0 Å². The Morgan fingerprint density at radius 1 is 1.47 bits per heavy atom. The van der Waals surface area contributed by atoms with Gasteiger partial charge in [0.25, 0.3) is 0 Å². The third-order valence-corrected chi connectivity index (χ3v) is 2.57. The molecule has 4 nitrogen and oxygen atoms in total. The van der Waals surface area contributed by atoms with Gasteiger partial charge in [-0.05, 0) is 31.2 Å². The molecule has 0 amide bonds. The zero-order valence-electron chi connectivity index (χ0n) is 8.84. The van der Waals surface area contributed by atoms with Gasteiger partial charge >= 0.3 is 0 Å². The van der Waals surface area contributed by atoms with Crippen molar-refractivity contribution >= 4 is 5.84 Å². The van der Waals surface area contributed by atoms with Crippen molar-refractivity contribution in [2.45, 2.75) is 13.0 Å². The van der Waals surface area contributed by atoms with E-state index >= 15 is 0 Å². The average Bonchev–Trinajstić information content (AvgIpc) is 2.98. The van der Waals surface area contributed by atoms with Crippen molar-refractivity contribution < 1.29 is 9.94 Å². The van der Waals surface area contributed by atoms with Gasteiger partial charge in [-0.15, -0.1) is 0 Å². The highest BCUT2D eigenvalue weighted by Gasteiger charge is 2.33. The maximum Gasteiger partial charge on any atom is 0.175 e. The summed E-state index contributed by atoms with van der Waals surface area (Å²) in [4.78, 5) is 2.03. The summed E-state index contributed by atoms with van der Waals surface area (Å²) >= 11 is 0. The first-order valence-electron chi connectivity index (χ1n) is 4.89. The van der Waals surface area contributed by atoms with Gasteiger partial charge in [-0.1, -0.05) is 5.16 Å². The first-order valence-corrected chi connectivity index (χ1v) is 4.89. The molecule has 4 heteroatoms. The molecule has 1 N–H and O–H groups in total. The van der Waals surface area contributed by atoms with E-state index in [0.29, 0.717) is 11.9 Å². The van der Waals surface area contributed by atoms with Crippen LogP contribution in [-0.4, -0.2) is 35.6 Å². The van der Waals surface area contributed by atoms with Gasteiger partial charge in [0.15, 0.2) is 5.84 Å². The number of nitrogens with zero attached hydrogens (tertiary/aromatic N) is 2. The van der Waals surface area contributed by atoms with Gasteiger partial charge in [-0.25, -0.2) is 0 Å². The molecule has 0 radical (unpaired) electrons. The lowest BCUT2D eigenvalue weighted by molar-refractivity contribution is 0.313. The third-order valence-electron chi connectivity index (χ3n) is 2.57. The second-order valence-corrected chi connectivity index (χ2v) is 3.65. The van der Waals surface area contributed by atoms with E-state index in [1.165, 1.54) is 0 Å². The smallest absolute Gasteiger partial charge is 0.175 e. The van der Waals surface area contributed by atoms with E-state index in [4.69, 9.17) is 9.94 Å². The molecule has 2 rings (SSSR count). The molecule has 0 bridgehead atoms. The molecule has 1 unspecified atom stereocenters. The van der Waals surface area contributed by atoms with Crippen molar-refractivity contribution in [3.63, 3.8) is 0 Å². The van der Waals surface area contributed by atoms with Crippen molar-refractivity contribution in [2.24, 2.45) is 5.16 Å². The average molecular weight is 206 g/mol. The zero-order chi connectivity index (χ0) is 10.8. The molecule has 80 valence electrons. The van der Waals surface area contributed by atoms with E-state index in [9.17, 15) is 0 Å². The number of methoxy groups -OCH3 is 1. The standard InChI is InChI=1S/C11H14N2O2/c1-8-7-13(8)11(12-14)9-3-5-10(15-2)6-4-9/h3-6,8,14H,7H2,1-2H3/b12-11-. The maximum atomic E-state index is 8.95. The number of benzene rings is 1. The monoisotopic (exact) mass is 206 g/mol. The van der Waals surface area contributed by atoms with Crippen LogP contribution in [0.15, 0.2) is 29.4 Å². The molecule has 0 aromatic heterocycles. The van der Waals surface area contributed by atoms with Crippen LogP contribution in [0.3, 0.4) is 0 Å². The molecule has 1 heterocycles. The predicted molar refractivity (Wildman–Crippen MR) is 57.5 cm³/mol. The Hall–Kier alpha value is -1.71. The Labute approximate surface area is 88.8 Å². The Bertz CT molecular complexity index is 373. The number of oxime groups is 1. The largest absolute Gasteiger partial charge is 0.497 e. The summed E-state index contributed by atoms with van der Waals surface area (Å²) in [5.41, 5.74) is 0.905. The van der Waals surface area contributed by atoms with Crippen LogP contribution in [0.1, 0.15) is 12.5 Å². The van der Waals surface area contributed by atoms with Gasteiger partial charge in [0, 0.05) is 18.2 Å². The molecular formula is C11H14N2O2. The molecule has 1 atom stereocenters. The highest BCUT2D eigenvalue weighted by Crippen LogP contribution is 2.22. The van der Waals surface area contributed by atoms with E-state index in [1.54, 1.807) is 7.11 Å². The van der Waals surface area contributed by atoms with Crippen LogP contribution in [0.2, 0.25) is 0 Å². The Balaban J connectivity index is 2.20. The summed E-state index contributed by atoms with van der Waals surface area (Å²) in [6.45, 7) is 3.04. The van der Waals surface area contributed by atoms with Crippen molar-refractivity contribution in [2.75, 3.05) is 13.7 Å². The van der Waals surface area contributed by atoms with Crippen LogP contribution in [0.25, 0.3) is 0 Å². The molecular weight excluding hydrogens is 192 g/mol. The quantitative estimate of drug-likeness (QED) is 0.262. The van der Waals surface area contributed by atoms with Crippen LogP contribution in [0.5, 0.6) is 5.75 Å². The lowest BCUT2D eigenvalue weighted by Crippen LogP contribution is -2.14. The summed E-state index contributed by atoms with van der Waals surface area (Å²) in [5, 5.41) is 12.3. The molecule has 1 aromatic carbocycles. The first-order chi connectivity index (χ1) is 7.26. The Morgan fingerprint density at radius 3 is 2.47 bits per heavy atom. The number of hydrogen-bond acceptors (Lipinski definition) is 3. The van der Waals surface area contributed by atoms with Gasteiger partial charge in [0.1, 0.15) is 5.75 Å². The molecule has 0 saturated carbocycles. The minimum absolute atomic E-state index is 0.470. The lowest BCUT2D eigenvalue weighted by Gasteiger charge is -2.07. The lowest BCUT2D eigenvalue weighted by atomic mass is 10.2. The van der Waals surface area contributed by atoms with Crippen LogP contribution < -0.4 is 4.74 Å². The molecule has 0 aliphatic carbocycles. The fraction of sp³-hybridized carbons (Fsp3) is 0.364. The molecule has 1 saturated heterocycles. The summed E-state index contributed by atoms with van der Waals surface area (Å²) in [7, 11) is 1.63. The fourth-order valence-electron chi connectivity index (χ4n) is 1.55. The minimum atomic E-state index is 0.470. The topological polar surface area (TPSA) is 44.8 Å². The molecule has 1 fully saturated rings. The summed E-state index contributed by atoms with van der Waals surface area (Å²) in [6, 6.07) is 7.96. The Kier molecular flexibility index (Phi) is 2.49. The summed E-state index contributed by atoms with van der Waals surface area (Å²) < 4.78 is 5.06. The highest BCUT2D eigenvalue weighted by molar-refractivity contribution is 6.00. The predicted octanol–water partition coefficient (Wildman–Crippen LogP) is 1.54. The first kappa shape index (κ1) is 9.83. The van der Waals surface area contributed by atoms with Gasteiger partial charge in [0.2, 0.25) is 0 Å². The minimum Gasteiger partial charge on any atom is -0.497 e. The second kappa shape index (κ2) is 3.81. The second-order valence-electron chi connectivity index (χ2n) is 3.65.